The smallest absolute Gasteiger partial charge is 0.388 e. The van der Waals surface area contributed by atoms with E-state index >= 15 is 0 Å². The summed E-state index contributed by atoms with van der Waals surface area (Å²) in [5, 5.41) is 0. The predicted molar refractivity (Wildman–Crippen MR) is 41.1 cm³/mol. The molecule has 11 heavy (non-hydrogen) atoms. The van der Waals surface area contributed by atoms with E-state index in [1.807, 2.05) is 0 Å². The third-order valence-corrected chi connectivity index (χ3v) is 3.22. The molecule has 3 N–H and O–H groups in total. The van der Waals surface area contributed by atoms with Crippen LogP contribution < -0.4 is 0 Å². The van der Waals surface area contributed by atoms with Crippen LogP contribution in [-0.2, 0) is 9.09 Å². The fraction of sp³-hybridized carbons (Fsp3) is 1.00. The molecule has 0 bridgehead atoms. The summed E-state index contributed by atoms with van der Waals surface area (Å²) >= 11 is 0. The van der Waals surface area contributed by atoms with E-state index in [4.69, 9.17) is 14.4 Å². The van der Waals surface area contributed by atoms with Gasteiger partial charge in [-0.25, -0.2) is 0 Å². The Labute approximate surface area is 66.9 Å². The van der Waals surface area contributed by atoms with E-state index in [-0.39, 0.29) is 6.42 Å². The predicted octanol–water partition coefficient (Wildman–Crippen LogP) is -0.391. The normalized spacial score (nSPS) is 16.3. The summed E-state index contributed by atoms with van der Waals surface area (Å²) in [7, 11) is -6.16. The van der Waals surface area contributed by atoms with E-state index in [0.717, 1.165) is 0 Å². The number of hydrogen-bond donors (Lipinski definition) is 3. The molecule has 0 saturated carbocycles. The van der Waals surface area contributed by atoms with Gasteiger partial charge in [-0.05, 0) is 11.0 Å². The van der Waals surface area contributed by atoms with Crippen molar-refractivity contribution in [2.45, 2.75) is 19.1 Å². The summed E-state index contributed by atoms with van der Waals surface area (Å²) in [5.41, 5.74) is -1.09. The Kier molecular flexibility index (Phi) is 4.31. The molecule has 0 heterocycles. The summed E-state index contributed by atoms with van der Waals surface area (Å²) < 4.78 is 15.1. The van der Waals surface area contributed by atoms with Crippen molar-refractivity contribution in [1.82, 2.24) is 0 Å². The van der Waals surface area contributed by atoms with E-state index in [1.54, 1.807) is 6.92 Å². The van der Waals surface area contributed by atoms with Gasteiger partial charge in [0.05, 0.1) is 0 Å². The molecule has 0 aliphatic carbocycles. The Balaban J connectivity index is 4.07. The Morgan fingerprint density at radius 2 is 2.00 bits per heavy atom. The van der Waals surface area contributed by atoms with Crippen molar-refractivity contribution in [3.05, 3.63) is 0 Å². The molecule has 0 spiro atoms. The molecule has 0 aromatic heterocycles. The molecule has 0 aliphatic heterocycles. The number of rotatable bonds is 4. The second kappa shape index (κ2) is 4.25. The average molecular weight is 199 g/mol. The van der Waals surface area contributed by atoms with Crippen LogP contribution in [0.1, 0.15) is 13.3 Å². The average Bonchev–Trinajstić information content (AvgIpc) is 1.79. The van der Waals surface area contributed by atoms with Gasteiger partial charge in [0, 0.05) is 0 Å². The first-order valence-electron chi connectivity index (χ1n) is 3.12. The van der Waals surface area contributed by atoms with E-state index in [1.165, 1.54) is 6.66 Å². The van der Waals surface area contributed by atoms with Gasteiger partial charge in [0.2, 0.25) is 0 Å². The maximum atomic E-state index is 10.5. The van der Waals surface area contributed by atoms with Gasteiger partial charge in [0.1, 0.15) is 0 Å². The van der Waals surface area contributed by atoms with Crippen LogP contribution in [0.5, 0.6) is 0 Å². The van der Waals surface area contributed by atoms with Crippen LogP contribution >= 0.6 is 8.03 Å². The highest BCUT2D eigenvalue weighted by Gasteiger charge is 2.43. The first-order chi connectivity index (χ1) is 4.88. The van der Waals surface area contributed by atoms with Crippen molar-refractivity contribution in [3.8, 4) is 0 Å². The molecule has 2 atom stereocenters. The van der Waals surface area contributed by atoms with Gasteiger partial charge in [-0.15, -0.1) is 4.52 Å². The maximum Gasteiger partial charge on any atom is 0.528 e. The summed E-state index contributed by atoms with van der Waals surface area (Å²) in [6, 6.07) is 0. The molecular weight excluding hydrogens is 187 g/mol. The van der Waals surface area contributed by atoms with Crippen LogP contribution in [0, 0.1) is 0 Å². The highest BCUT2D eigenvalue weighted by atomic mass is 31.1. The number of hydrogen-bond acceptors (Lipinski definition) is 5. The van der Waals surface area contributed by atoms with E-state index in [9.17, 15) is 4.57 Å². The summed E-state index contributed by atoms with van der Waals surface area (Å²) in [4.78, 5) is 26.2. The third kappa shape index (κ3) is 4.57. The molecule has 0 aromatic rings. The zero-order valence-corrected chi connectivity index (χ0v) is 8.28. The lowest BCUT2D eigenvalue weighted by molar-refractivity contribution is 0.134. The van der Waals surface area contributed by atoms with E-state index < -0.39 is 22.6 Å². The van der Waals surface area contributed by atoms with Crippen LogP contribution in [0.4, 0.5) is 0 Å². The molecule has 0 rings (SSSR count). The van der Waals surface area contributed by atoms with Crippen LogP contribution in [-0.4, -0.2) is 35.6 Å². The topological polar surface area (TPSA) is 87.0 Å². The largest absolute Gasteiger partial charge is 0.528 e. The zero-order chi connectivity index (χ0) is 9.07. The first kappa shape index (κ1) is 11.2. The SMILES string of the molecule is CCC(O[P+](C)=O)[Si](O)(O)O. The first-order valence-corrected chi connectivity index (χ1v) is 6.67. The van der Waals surface area contributed by atoms with Gasteiger partial charge < -0.3 is 14.4 Å². The van der Waals surface area contributed by atoms with Gasteiger partial charge in [-0.1, -0.05) is 6.92 Å². The molecule has 0 radical (unpaired) electrons. The van der Waals surface area contributed by atoms with E-state index in [2.05, 4.69) is 4.52 Å². The lowest BCUT2D eigenvalue weighted by atomic mass is 10.5. The summed E-state index contributed by atoms with van der Waals surface area (Å²) in [6.45, 7) is 2.89. The highest BCUT2D eigenvalue weighted by molar-refractivity contribution is 7.38. The molecule has 0 amide bonds. The van der Waals surface area contributed by atoms with E-state index in [0.29, 0.717) is 0 Å². The Hall–Kier alpha value is 0.157. The Bertz CT molecular complexity index is 144. The van der Waals surface area contributed by atoms with Crippen LogP contribution in [0.15, 0.2) is 0 Å². The van der Waals surface area contributed by atoms with Crippen molar-refractivity contribution in [2.24, 2.45) is 0 Å². The van der Waals surface area contributed by atoms with Crippen molar-refractivity contribution in [2.75, 3.05) is 6.66 Å². The van der Waals surface area contributed by atoms with Crippen LogP contribution in [0.2, 0.25) is 0 Å². The molecule has 7 heteroatoms. The van der Waals surface area contributed by atoms with Gasteiger partial charge >= 0.3 is 16.8 Å². The molecule has 5 nitrogen and oxygen atoms in total. The van der Waals surface area contributed by atoms with Gasteiger partial charge in [-0.2, -0.15) is 0 Å². The van der Waals surface area contributed by atoms with Crippen molar-refractivity contribution in [1.29, 1.82) is 0 Å². The third-order valence-electron chi connectivity index (χ3n) is 1.08. The quantitative estimate of drug-likeness (QED) is 0.424. The minimum atomic E-state index is -4.26. The van der Waals surface area contributed by atoms with Gasteiger partial charge in [-0.3, -0.25) is 0 Å². The molecule has 0 aliphatic rings. The summed E-state index contributed by atoms with van der Waals surface area (Å²) in [5.74, 6) is 0. The zero-order valence-electron chi connectivity index (χ0n) is 6.39. The van der Waals surface area contributed by atoms with Crippen molar-refractivity contribution in [3.63, 3.8) is 0 Å². The molecule has 2 unspecified atom stereocenters. The van der Waals surface area contributed by atoms with Gasteiger partial charge in [0.25, 0.3) is 0 Å². The highest BCUT2D eigenvalue weighted by Crippen LogP contribution is 2.22. The molecule has 0 aromatic carbocycles. The molecule has 0 saturated heterocycles. The second-order valence-corrected chi connectivity index (χ2v) is 5.24. The molecule has 66 valence electrons. The summed E-state index contributed by atoms with van der Waals surface area (Å²) in [6.07, 6.45) is 0.227. The molecule has 0 fully saturated rings. The van der Waals surface area contributed by atoms with Crippen molar-refractivity contribution < 1.29 is 23.5 Å². The minimum absolute atomic E-state index is 0.227. The minimum Gasteiger partial charge on any atom is -0.388 e. The fourth-order valence-corrected chi connectivity index (χ4v) is 2.66. The van der Waals surface area contributed by atoms with Crippen molar-refractivity contribution >= 4 is 16.8 Å². The monoisotopic (exact) mass is 199 g/mol. The molecular formula is C4H12O5PSi+. The lowest BCUT2D eigenvalue weighted by Crippen LogP contribution is -2.49. The second-order valence-electron chi connectivity index (χ2n) is 2.13. The van der Waals surface area contributed by atoms with Crippen LogP contribution in [0.3, 0.4) is 0 Å². The standard InChI is InChI=1S/C4H12O5PSi/c1-3-4(9-10(2)5)11(6,7)8/h4,6-8H,3H2,1-2H3/q+1. The Morgan fingerprint density at radius 3 is 2.09 bits per heavy atom. The maximum absolute atomic E-state index is 10.5. The van der Waals surface area contributed by atoms with Crippen LogP contribution in [0.25, 0.3) is 0 Å². The van der Waals surface area contributed by atoms with Gasteiger partial charge in [0.15, 0.2) is 12.4 Å². The Morgan fingerprint density at radius 1 is 1.55 bits per heavy atom. The fourth-order valence-electron chi connectivity index (χ4n) is 0.598. The lowest BCUT2D eigenvalue weighted by Gasteiger charge is -2.14.